The lowest BCUT2D eigenvalue weighted by molar-refractivity contribution is 0.162. The van der Waals surface area contributed by atoms with Gasteiger partial charge in [0.15, 0.2) is 0 Å². The second kappa shape index (κ2) is 16.3. The van der Waals surface area contributed by atoms with Crippen molar-refractivity contribution in [2.75, 3.05) is 32.1 Å². The van der Waals surface area contributed by atoms with Gasteiger partial charge in [-0.05, 0) is 42.9 Å². The van der Waals surface area contributed by atoms with Crippen LogP contribution in [0.25, 0.3) is 0 Å². The van der Waals surface area contributed by atoms with Crippen LogP contribution in [0.5, 0.6) is 0 Å². The molecule has 30 heavy (non-hydrogen) atoms. The molecule has 1 aliphatic heterocycles. The summed E-state index contributed by atoms with van der Waals surface area (Å²) in [6, 6.07) is 8.42. The molecule has 1 aromatic rings. The molecular formula is C25H42N4O. The lowest BCUT2D eigenvalue weighted by Crippen LogP contribution is -2.47. The Bertz CT molecular complexity index is 611. The van der Waals surface area contributed by atoms with Crippen LogP contribution in [0.3, 0.4) is 0 Å². The van der Waals surface area contributed by atoms with E-state index in [2.05, 4.69) is 54.2 Å². The van der Waals surface area contributed by atoms with Gasteiger partial charge in [0.25, 0.3) is 0 Å². The van der Waals surface area contributed by atoms with Crippen molar-refractivity contribution in [2.45, 2.75) is 45.7 Å². The first-order chi connectivity index (χ1) is 14.4. The van der Waals surface area contributed by atoms with E-state index in [1.165, 1.54) is 0 Å². The number of allylic oxidation sites excluding steroid dienone is 2. The van der Waals surface area contributed by atoms with Crippen LogP contribution < -0.4 is 16.0 Å². The molecular weight excluding hydrogens is 372 g/mol. The van der Waals surface area contributed by atoms with Gasteiger partial charge in [0.2, 0.25) is 0 Å². The predicted molar refractivity (Wildman–Crippen MR) is 132 cm³/mol. The second-order valence-corrected chi connectivity index (χ2v) is 7.20. The molecule has 2 rings (SSSR count). The van der Waals surface area contributed by atoms with Crippen LogP contribution in [-0.2, 0) is 6.54 Å². The minimum absolute atomic E-state index is 0.0161. The fourth-order valence-electron chi connectivity index (χ4n) is 3.12. The van der Waals surface area contributed by atoms with E-state index in [9.17, 15) is 4.79 Å². The quantitative estimate of drug-likeness (QED) is 0.489. The highest BCUT2D eigenvalue weighted by atomic mass is 16.2. The maximum atomic E-state index is 12.3. The first-order valence-electron chi connectivity index (χ1n) is 10.8. The molecule has 168 valence electrons. The molecule has 1 aromatic carbocycles. The van der Waals surface area contributed by atoms with Crippen LogP contribution >= 0.6 is 0 Å². The van der Waals surface area contributed by atoms with Crippen molar-refractivity contribution in [3.05, 3.63) is 67.8 Å². The first kappa shape index (κ1) is 27.5. The van der Waals surface area contributed by atoms with E-state index in [-0.39, 0.29) is 12.1 Å². The summed E-state index contributed by atoms with van der Waals surface area (Å²) in [4.78, 5) is 16.3. The summed E-state index contributed by atoms with van der Waals surface area (Å²) in [5.41, 5.74) is 8.42. The van der Waals surface area contributed by atoms with Gasteiger partial charge in [-0.25, -0.2) is 4.79 Å². The standard InChI is InChI=1S/C19H30N4O.C4H6.C2H6/c1-4-5-18(20)16-10-12-23(13-11-16)19(24)21-14-15-6-8-17(9-7-15)22(2)3;1-3-4-2;1-2/h4,6-9,16,18H,1,5,10-14,20H2,2-3H3,(H,21,24);3-4H,1-2H2;1-2H3. The van der Waals surface area contributed by atoms with Gasteiger partial charge in [-0.3, -0.25) is 0 Å². The van der Waals surface area contributed by atoms with Crippen LogP contribution in [0, 0.1) is 5.92 Å². The Morgan fingerprint density at radius 2 is 1.70 bits per heavy atom. The largest absolute Gasteiger partial charge is 0.378 e. The maximum Gasteiger partial charge on any atom is 0.317 e. The van der Waals surface area contributed by atoms with Crippen molar-refractivity contribution in [3.8, 4) is 0 Å². The fraction of sp³-hybridized carbons (Fsp3) is 0.480. The number of hydrogen-bond acceptors (Lipinski definition) is 3. The zero-order chi connectivity index (χ0) is 22.9. The fourth-order valence-corrected chi connectivity index (χ4v) is 3.12. The van der Waals surface area contributed by atoms with Crippen molar-refractivity contribution in [1.29, 1.82) is 0 Å². The van der Waals surface area contributed by atoms with Gasteiger partial charge in [0, 0.05) is 45.5 Å². The molecule has 0 bridgehead atoms. The van der Waals surface area contributed by atoms with Gasteiger partial charge in [-0.2, -0.15) is 0 Å². The Morgan fingerprint density at radius 1 is 1.17 bits per heavy atom. The Balaban J connectivity index is 0.00000125. The van der Waals surface area contributed by atoms with E-state index in [0.717, 1.165) is 43.6 Å². The van der Waals surface area contributed by atoms with Crippen molar-refractivity contribution >= 4 is 11.7 Å². The third kappa shape index (κ3) is 10.3. The van der Waals surface area contributed by atoms with Gasteiger partial charge in [0.05, 0.1) is 0 Å². The topological polar surface area (TPSA) is 61.6 Å². The molecule has 1 saturated heterocycles. The first-order valence-corrected chi connectivity index (χ1v) is 10.8. The van der Waals surface area contributed by atoms with Gasteiger partial charge in [-0.1, -0.05) is 57.4 Å². The monoisotopic (exact) mass is 414 g/mol. The SMILES string of the molecule is C=CC=C.C=CCC(N)C1CCN(C(=O)NCc2ccc(N(C)C)cc2)CC1.CC. The van der Waals surface area contributed by atoms with Gasteiger partial charge < -0.3 is 20.9 Å². The highest BCUT2D eigenvalue weighted by molar-refractivity contribution is 5.74. The van der Waals surface area contributed by atoms with Crippen LogP contribution in [0.1, 0.15) is 38.7 Å². The molecule has 1 atom stereocenters. The van der Waals surface area contributed by atoms with E-state index in [1.54, 1.807) is 12.2 Å². The summed E-state index contributed by atoms with van der Waals surface area (Å²) in [5.74, 6) is 0.491. The molecule has 5 heteroatoms. The molecule has 1 aliphatic rings. The molecule has 0 aliphatic carbocycles. The number of benzene rings is 1. The third-order valence-corrected chi connectivity index (χ3v) is 4.93. The van der Waals surface area contributed by atoms with Crippen LogP contribution in [0.4, 0.5) is 10.5 Å². The molecule has 2 amide bonds. The van der Waals surface area contributed by atoms with E-state index in [4.69, 9.17) is 5.73 Å². The maximum absolute atomic E-state index is 12.3. The number of carbonyl (C=O) groups excluding carboxylic acids is 1. The van der Waals surface area contributed by atoms with E-state index in [0.29, 0.717) is 12.5 Å². The number of hydrogen-bond donors (Lipinski definition) is 2. The van der Waals surface area contributed by atoms with E-state index >= 15 is 0 Å². The van der Waals surface area contributed by atoms with Crippen molar-refractivity contribution in [2.24, 2.45) is 11.7 Å². The van der Waals surface area contributed by atoms with Gasteiger partial charge in [-0.15, -0.1) is 6.58 Å². The highest BCUT2D eigenvalue weighted by Gasteiger charge is 2.25. The number of nitrogens with two attached hydrogens (primary N) is 1. The Hall–Kier alpha value is -2.53. The summed E-state index contributed by atoms with van der Waals surface area (Å²) in [5, 5.41) is 3.01. The van der Waals surface area contributed by atoms with E-state index in [1.807, 2.05) is 38.9 Å². The summed E-state index contributed by atoms with van der Waals surface area (Å²) in [7, 11) is 4.03. The predicted octanol–water partition coefficient (Wildman–Crippen LogP) is 4.96. The van der Waals surface area contributed by atoms with Crippen LogP contribution in [0.15, 0.2) is 62.2 Å². The van der Waals surface area contributed by atoms with Gasteiger partial charge >= 0.3 is 6.03 Å². The minimum atomic E-state index is 0.0161. The summed E-state index contributed by atoms with van der Waals surface area (Å²) < 4.78 is 0. The molecule has 5 nitrogen and oxygen atoms in total. The second-order valence-electron chi connectivity index (χ2n) is 7.20. The number of likely N-dealkylation sites (tertiary alicyclic amines) is 1. The molecule has 0 saturated carbocycles. The minimum Gasteiger partial charge on any atom is -0.378 e. The summed E-state index contributed by atoms with van der Waals surface area (Å²) in [6.45, 7) is 16.6. The van der Waals surface area contributed by atoms with Crippen LogP contribution in [-0.4, -0.2) is 44.2 Å². The molecule has 0 aromatic heterocycles. The number of anilines is 1. The Kier molecular flexibility index (Phi) is 14.9. The lowest BCUT2D eigenvalue weighted by Gasteiger charge is -2.34. The Labute approximate surface area is 184 Å². The van der Waals surface area contributed by atoms with E-state index < -0.39 is 0 Å². The molecule has 1 unspecified atom stereocenters. The van der Waals surface area contributed by atoms with Crippen molar-refractivity contribution in [3.63, 3.8) is 0 Å². The molecule has 0 radical (unpaired) electrons. The number of urea groups is 1. The number of amides is 2. The normalized spacial score (nSPS) is 14.1. The zero-order valence-electron chi connectivity index (χ0n) is 19.4. The van der Waals surface area contributed by atoms with Crippen LogP contribution in [0.2, 0.25) is 0 Å². The molecule has 3 N–H and O–H groups in total. The Morgan fingerprint density at radius 3 is 2.13 bits per heavy atom. The summed E-state index contributed by atoms with van der Waals surface area (Å²) in [6.07, 6.45) is 7.95. The van der Waals surface area contributed by atoms with Crippen molar-refractivity contribution in [1.82, 2.24) is 10.2 Å². The smallest absolute Gasteiger partial charge is 0.317 e. The molecule has 1 fully saturated rings. The lowest BCUT2D eigenvalue weighted by atomic mass is 9.88. The highest BCUT2D eigenvalue weighted by Crippen LogP contribution is 2.21. The average molecular weight is 415 g/mol. The average Bonchev–Trinajstić information content (AvgIpc) is 2.79. The van der Waals surface area contributed by atoms with Gasteiger partial charge in [0.1, 0.15) is 0 Å². The summed E-state index contributed by atoms with van der Waals surface area (Å²) >= 11 is 0. The number of carbonyl (C=O) groups is 1. The third-order valence-electron chi connectivity index (χ3n) is 4.93. The van der Waals surface area contributed by atoms with Crippen molar-refractivity contribution < 1.29 is 4.79 Å². The zero-order valence-corrected chi connectivity index (χ0v) is 19.4. The number of piperidine rings is 1. The molecule has 1 heterocycles. The number of rotatable bonds is 7. The number of nitrogens with one attached hydrogen (secondary N) is 1. The molecule has 0 spiro atoms. The number of nitrogens with zero attached hydrogens (tertiary/aromatic N) is 2.